The Balaban J connectivity index is 2.47. The lowest BCUT2D eigenvalue weighted by molar-refractivity contribution is 0.598. The van der Waals surface area contributed by atoms with Crippen LogP contribution in [0.15, 0.2) is 128 Å². The topological polar surface area (TPSA) is 0 Å². The van der Waals surface area contributed by atoms with Crippen molar-refractivity contribution < 1.29 is 0 Å². The first-order valence-corrected chi connectivity index (χ1v) is 11.2. The molecule has 0 heteroatoms. The molecule has 1 radical (unpaired) electrons. The minimum absolute atomic E-state index is 1.06. The lowest BCUT2D eigenvalue weighted by Gasteiger charge is -1.98. The smallest absolute Gasteiger partial charge is 0.0276 e. The second-order valence-electron chi connectivity index (χ2n) is 6.92. The predicted octanol–water partition coefficient (Wildman–Crippen LogP) is 9.04. The van der Waals surface area contributed by atoms with Crippen molar-refractivity contribution in [3.8, 4) is 0 Å². The molecule has 0 aromatic rings. The van der Waals surface area contributed by atoms with Crippen LogP contribution in [0.25, 0.3) is 0 Å². The van der Waals surface area contributed by atoms with Crippen molar-refractivity contribution in [2.75, 3.05) is 0 Å². The molecule has 0 aromatic carbocycles. The van der Waals surface area contributed by atoms with E-state index in [1.165, 1.54) is 44.9 Å². The lowest BCUT2D eigenvalue weighted by Crippen LogP contribution is -1.79. The summed E-state index contributed by atoms with van der Waals surface area (Å²) in [6.07, 6.45) is 56.5. The summed E-state index contributed by atoms with van der Waals surface area (Å²) < 4.78 is 0. The molecule has 0 saturated heterocycles. The largest absolute Gasteiger partial charge is 0.0845 e. The van der Waals surface area contributed by atoms with E-state index in [4.69, 9.17) is 0 Å². The Morgan fingerprint density at radius 1 is 0.333 bits per heavy atom. The minimum atomic E-state index is 1.06. The van der Waals surface area contributed by atoms with Crippen molar-refractivity contribution >= 4 is 0 Å². The van der Waals surface area contributed by atoms with Gasteiger partial charge in [0, 0.05) is 0 Å². The Bertz CT molecular complexity index is 647. The molecule has 0 atom stereocenters. The SMILES string of the molecule is [C]1=C/C=C/C=C\C=C\C=C\C=C\C=C\C=C/C=C/C=C/C=C/CCCCCCCC/1. The fourth-order valence-corrected chi connectivity index (χ4v) is 2.67. The number of hydrogen-bond donors (Lipinski definition) is 0. The normalized spacial score (nSPS) is 29.9. The summed E-state index contributed by atoms with van der Waals surface area (Å²) in [5.41, 5.74) is 0. The van der Waals surface area contributed by atoms with E-state index in [1.54, 1.807) is 0 Å². The summed E-state index contributed by atoms with van der Waals surface area (Å²) in [7, 11) is 0. The van der Waals surface area contributed by atoms with Gasteiger partial charge in [0.05, 0.1) is 0 Å². The zero-order valence-corrected chi connectivity index (χ0v) is 18.3. The maximum atomic E-state index is 3.35. The highest BCUT2D eigenvalue weighted by Crippen LogP contribution is 2.09. The van der Waals surface area contributed by atoms with Gasteiger partial charge in [0.25, 0.3) is 0 Å². The van der Waals surface area contributed by atoms with Gasteiger partial charge in [-0.05, 0) is 31.8 Å². The summed E-state index contributed by atoms with van der Waals surface area (Å²) in [5.74, 6) is 0. The van der Waals surface area contributed by atoms with Gasteiger partial charge in [-0.1, -0.05) is 153 Å². The average molecular weight is 398 g/mol. The molecule has 0 spiro atoms. The van der Waals surface area contributed by atoms with Crippen molar-refractivity contribution in [3.63, 3.8) is 0 Å². The first-order valence-electron chi connectivity index (χ1n) is 11.2. The molecule has 0 fully saturated rings. The summed E-state index contributed by atoms with van der Waals surface area (Å²) in [4.78, 5) is 0. The van der Waals surface area contributed by atoms with Crippen LogP contribution < -0.4 is 0 Å². The summed E-state index contributed by atoms with van der Waals surface area (Å²) in [6.45, 7) is 0. The van der Waals surface area contributed by atoms with E-state index in [0.717, 1.165) is 6.42 Å². The van der Waals surface area contributed by atoms with Crippen molar-refractivity contribution in [2.24, 2.45) is 0 Å². The molecule has 0 nitrogen and oxygen atoms in total. The monoisotopic (exact) mass is 397 g/mol. The Morgan fingerprint density at radius 3 is 1.20 bits per heavy atom. The van der Waals surface area contributed by atoms with Gasteiger partial charge < -0.3 is 0 Å². The van der Waals surface area contributed by atoms with Crippen LogP contribution in [0.2, 0.25) is 0 Å². The standard InChI is InChI=1S/C30H37/c1-2-4-6-8-10-12-14-16-18-20-22-24-26-28-30-29-27-25-23-21-19-17-15-13-11-9-7-5-3-1/h1-21H,22,24-30H2/b3-1+,4-2+,7-5+,8-6-,11-9+,12-10+,15-13-,16-14+,19-17+,20-18+,23-21?. The van der Waals surface area contributed by atoms with Crippen LogP contribution in [-0.4, -0.2) is 0 Å². The maximum absolute atomic E-state index is 3.35. The Kier molecular flexibility index (Phi) is 18.8. The predicted molar refractivity (Wildman–Crippen MR) is 136 cm³/mol. The highest BCUT2D eigenvalue weighted by molar-refractivity contribution is 5.22. The van der Waals surface area contributed by atoms with Crippen molar-refractivity contribution in [2.45, 2.75) is 51.4 Å². The third kappa shape index (κ3) is 19.9. The van der Waals surface area contributed by atoms with Crippen molar-refractivity contribution in [1.29, 1.82) is 0 Å². The average Bonchev–Trinajstić information content (AvgIpc) is 2.76. The van der Waals surface area contributed by atoms with Gasteiger partial charge in [-0.3, -0.25) is 0 Å². The van der Waals surface area contributed by atoms with Crippen molar-refractivity contribution in [1.82, 2.24) is 0 Å². The molecule has 0 aliphatic heterocycles. The third-order valence-corrected chi connectivity index (χ3v) is 4.29. The highest BCUT2D eigenvalue weighted by Gasteiger charge is 1.89. The molecule has 0 unspecified atom stereocenters. The molecule has 1 rings (SSSR count). The minimum Gasteiger partial charge on any atom is -0.0845 e. The van der Waals surface area contributed by atoms with E-state index in [1.807, 2.05) is 97.2 Å². The van der Waals surface area contributed by atoms with Gasteiger partial charge in [0.1, 0.15) is 0 Å². The zero-order chi connectivity index (χ0) is 21.2. The molecule has 0 amide bonds. The van der Waals surface area contributed by atoms with Crippen LogP contribution in [0.4, 0.5) is 0 Å². The van der Waals surface area contributed by atoms with Crippen LogP contribution in [-0.2, 0) is 0 Å². The van der Waals surface area contributed by atoms with E-state index in [2.05, 4.69) is 36.5 Å². The van der Waals surface area contributed by atoms with Crippen molar-refractivity contribution in [3.05, 3.63) is 134 Å². The fraction of sp³-hybridized carbons (Fsp3) is 0.267. The van der Waals surface area contributed by atoms with Crippen LogP contribution in [0.3, 0.4) is 0 Å². The van der Waals surface area contributed by atoms with E-state index < -0.39 is 0 Å². The van der Waals surface area contributed by atoms with Crippen LogP contribution in [0, 0.1) is 6.08 Å². The second-order valence-corrected chi connectivity index (χ2v) is 6.92. The molecule has 0 bridgehead atoms. The first-order chi connectivity index (χ1) is 15.0. The summed E-state index contributed by atoms with van der Waals surface area (Å²) in [6, 6.07) is 0. The van der Waals surface area contributed by atoms with Gasteiger partial charge in [0.15, 0.2) is 0 Å². The number of rotatable bonds is 0. The van der Waals surface area contributed by atoms with Crippen LogP contribution >= 0.6 is 0 Å². The molecule has 0 N–H and O–H groups in total. The van der Waals surface area contributed by atoms with Crippen LogP contribution in [0.1, 0.15) is 51.4 Å². The van der Waals surface area contributed by atoms with Gasteiger partial charge in [0.2, 0.25) is 0 Å². The summed E-state index contributed by atoms with van der Waals surface area (Å²) in [5, 5.41) is 0. The van der Waals surface area contributed by atoms with Gasteiger partial charge in [-0.2, -0.15) is 0 Å². The quantitative estimate of drug-likeness (QED) is 0.382. The molecule has 0 saturated carbocycles. The van der Waals surface area contributed by atoms with E-state index in [0.29, 0.717) is 0 Å². The molecule has 157 valence electrons. The lowest BCUT2D eigenvalue weighted by atomic mass is 10.1. The molecule has 0 heterocycles. The first kappa shape index (κ1) is 25.2. The Hall–Kier alpha value is -2.86. The van der Waals surface area contributed by atoms with E-state index in [9.17, 15) is 0 Å². The molecule has 1 aliphatic rings. The Morgan fingerprint density at radius 2 is 0.700 bits per heavy atom. The molecule has 0 aromatic heterocycles. The Labute approximate surface area is 185 Å². The van der Waals surface area contributed by atoms with Crippen LogP contribution in [0.5, 0.6) is 0 Å². The summed E-state index contributed by atoms with van der Waals surface area (Å²) >= 11 is 0. The van der Waals surface area contributed by atoms with E-state index >= 15 is 0 Å². The third-order valence-electron chi connectivity index (χ3n) is 4.29. The van der Waals surface area contributed by atoms with Gasteiger partial charge >= 0.3 is 0 Å². The molecule has 1 aliphatic carbocycles. The number of allylic oxidation sites excluding steroid dienone is 22. The molecular weight excluding hydrogens is 360 g/mol. The fourth-order valence-electron chi connectivity index (χ4n) is 2.67. The number of hydrogen-bond acceptors (Lipinski definition) is 0. The second kappa shape index (κ2) is 22.4. The van der Waals surface area contributed by atoms with E-state index in [-0.39, 0.29) is 0 Å². The van der Waals surface area contributed by atoms with Gasteiger partial charge in [-0.25, -0.2) is 0 Å². The van der Waals surface area contributed by atoms with Gasteiger partial charge in [-0.15, -0.1) is 0 Å². The molecular formula is C30H37. The zero-order valence-electron chi connectivity index (χ0n) is 18.3. The highest BCUT2D eigenvalue weighted by atomic mass is 14.0. The molecule has 30 heavy (non-hydrogen) atoms. The maximum Gasteiger partial charge on any atom is -0.0276 e.